The standard InChI is InChI=1S/C20H31ClN4O2.HI/c1-4-19(26)25-11-9-17(14-25)24-20(22-5-2)23-10-6-12-27-18-8-7-16(21)13-15(18)3;/h7-8,13,17H,4-6,9-12,14H2,1-3H3,(H2,22,23,24);1H. The third kappa shape index (κ3) is 8.03. The van der Waals surface area contributed by atoms with Gasteiger partial charge >= 0.3 is 0 Å². The van der Waals surface area contributed by atoms with Gasteiger partial charge in [-0.25, -0.2) is 0 Å². The van der Waals surface area contributed by atoms with Crippen molar-refractivity contribution < 1.29 is 9.53 Å². The normalized spacial score (nSPS) is 16.5. The number of guanidine groups is 1. The lowest BCUT2D eigenvalue weighted by atomic mass is 10.2. The van der Waals surface area contributed by atoms with Crippen molar-refractivity contribution in [2.75, 3.05) is 32.8 Å². The Kier molecular flexibility index (Phi) is 11.6. The number of amides is 1. The summed E-state index contributed by atoms with van der Waals surface area (Å²) in [5, 5.41) is 7.43. The third-order valence-electron chi connectivity index (χ3n) is 4.50. The molecule has 1 aliphatic heterocycles. The Hall–Kier alpha value is -1.22. The van der Waals surface area contributed by atoms with E-state index >= 15 is 0 Å². The number of rotatable bonds is 8. The monoisotopic (exact) mass is 522 g/mol. The van der Waals surface area contributed by atoms with E-state index in [9.17, 15) is 4.79 Å². The largest absolute Gasteiger partial charge is 0.493 e. The van der Waals surface area contributed by atoms with Crippen LogP contribution in [-0.2, 0) is 4.79 Å². The molecule has 6 nitrogen and oxygen atoms in total. The molecule has 1 saturated heterocycles. The minimum atomic E-state index is 0. The SMILES string of the molecule is CCNC(=NCCCOc1ccc(Cl)cc1C)NC1CCN(C(=O)CC)C1.I. The first-order valence-electron chi connectivity index (χ1n) is 9.75. The smallest absolute Gasteiger partial charge is 0.222 e. The van der Waals surface area contributed by atoms with Gasteiger partial charge in [0.2, 0.25) is 5.91 Å². The number of nitrogens with zero attached hydrogens (tertiary/aromatic N) is 2. The van der Waals surface area contributed by atoms with Crippen molar-refractivity contribution in [3.63, 3.8) is 0 Å². The fourth-order valence-corrected chi connectivity index (χ4v) is 3.28. The lowest BCUT2D eigenvalue weighted by Gasteiger charge is -2.18. The molecule has 0 radical (unpaired) electrons. The molecule has 0 spiro atoms. The lowest BCUT2D eigenvalue weighted by Crippen LogP contribution is -2.45. The molecule has 1 heterocycles. The predicted molar refractivity (Wildman–Crippen MR) is 126 cm³/mol. The zero-order chi connectivity index (χ0) is 19.6. The Morgan fingerprint density at radius 1 is 1.39 bits per heavy atom. The highest BCUT2D eigenvalue weighted by molar-refractivity contribution is 14.0. The summed E-state index contributed by atoms with van der Waals surface area (Å²) in [6, 6.07) is 5.89. The molecule has 0 bridgehead atoms. The second-order valence-corrected chi connectivity index (χ2v) is 7.13. The Balaban J connectivity index is 0.00000392. The van der Waals surface area contributed by atoms with Crippen LogP contribution in [0.25, 0.3) is 0 Å². The van der Waals surface area contributed by atoms with E-state index in [0.717, 1.165) is 54.8 Å². The number of halogens is 2. The summed E-state index contributed by atoms with van der Waals surface area (Å²) >= 11 is 5.96. The van der Waals surface area contributed by atoms with Crippen LogP contribution in [0.15, 0.2) is 23.2 Å². The highest BCUT2D eigenvalue weighted by Gasteiger charge is 2.25. The van der Waals surface area contributed by atoms with Crippen molar-refractivity contribution in [3.05, 3.63) is 28.8 Å². The molecule has 158 valence electrons. The second kappa shape index (κ2) is 13.1. The molecule has 0 saturated carbocycles. The molecule has 1 aromatic carbocycles. The molecule has 1 atom stereocenters. The van der Waals surface area contributed by atoms with Gasteiger partial charge in [0, 0.05) is 50.1 Å². The van der Waals surface area contributed by atoms with E-state index in [0.29, 0.717) is 19.6 Å². The van der Waals surface area contributed by atoms with E-state index in [2.05, 4.69) is 15.6 Å². The Morgan fingerprint density at radius 2 is 2.18 bits per heavy atom. The van der Waals surface area contributed by atoms with Crippen LogP contribution in [0.4, 0.5) is 0 Å². The van der Waals surface area contributed by atoms with Gasteiger partial charge in [-0.3, -0.25) is 9.79 Å². The van der Waals surface area contributed by atoms with Crippen LogP contribution >= 0.6 is 35.6 Å². The number of carbonyl (C=O) groups is 1. The fourth-order valence-electron chi connectivity index (χ4n) is 3.05. The number of likely N-dealkylation sites (tertiary alicyclic amines) is 1. The zero-order valence-corrected chi connectivity index (χ0v) is 20.0. The minimum absolute atomic E-state index is 0. The van der Waals surface area contributed by atoms with Gasteiger partial charge in [0.05, 0.1) is 6.61 Å². The fraction of sp³-hybridized carbons (Fsp3) is 0.600. The number of carbonyl (C=O) groups excluding carboxylic acids is 1. The van der Waals surface area contributed by atoms with E-state index in [1.54, 1.807) is 0 Å². The van der Waals surface area contributed by atoms with Gasteiger partial charge in [0.25, 0.3) is 0 Å². The summed E-state index contributed by atoms with van der Waals surface area (Å²) in [4.78, 5) is 18.4. The van der Waals surface area contributed by atoms with Gasteiger partial charge < -0.3 is 20.3 Å². The average Bonchev–Trinajstić information content (AvgIpc) is 3.11. The van der Waals surface area contributed by atoms with Crippen molar-refractivity contribution in [3.8, 4) is 5.75 Å². The summed E-state index contributed by atoms with van der Waals surface area (Å²) in [7, 11) is 0. The van der Waals surface area contributed by atoms with Crippen LogP contribution in [0, 0.1) is 6.92 Å². The molecule has 0 aliphatic carbocycles. The first-order valence-corrected chi connectivity index (χ1v) is 10.1. The van der Waals surface area contributed by atoms with E-state index in [1.807, 2.05) is 43.9 Å². The number of aryl methyl sites for hydroxylation is 1. The maximum Gasteiger partial charge on any atom is 0.222 e. The Morgan fingerprint density at radius 3 is 2.86 bits per heavy atom. The van der Waals surface area contributed by atoms with Gasteiger partial charge in [-0.15, -0.1) is 24.0 Å². The summed E-state index contributed by atoms with van der Waals surface area (Å²) in [5.41, 5.74) is 1.04. The zero-order valence-electron chi connectivity index (χ0n) is 17.0. The third-order valence-corrected chi connectivity index (χ3v) is 4.73. The highest BCUT2D eigenvalue weighted by atomic mass is 127. The van der Waals surface area contributed by atoms with Gasteiger partial charge in [-0.05, 0) is 44.0 Å². The maximum atomic E-state index is 11.8. The van der Waals surface area contributed by atoms with Crippen LogP contribution in [0.1, 0.15) is 38.7 Å². The van der Waals surface area contributed by atoms with Crippen molar-refractivity contribution in [1.29, 1.82) is 0 Å². The number of hydrogen-bond acceptors (Lipinski definition) is 3. The lowest BCUT2D eigenvalue weighted by molar-refractivity contribution is -0.129. The molecule has 1 amide bonds. The van der Waals surface area contributed by atoms with Gasteiger partial charge in [0.1, 0.15) is 5.75 Å². The molecule has 1 unspecified atom stereocenters. The minimum Gasteiger partial charge on any atom is -0.493 e. The van der Waals surface area contributed by atoms with E-state index in [1.165, 1.54) is 0 Å². The van der Waals surface area contributed by atoms with Crippen LogP contribution in [0.3, 0.4) is 0 Å². The first kappa shape index (κ1) is 24.8. The van der Waals surface area contributed by atoms with Crippen LogP contribution in [-0.4, -0.2) is 55.6 Å². The van der Waals surface area contributed by atoms with Crippen LogP contribution < -0.4 is 15.4 Å². The molecule has 0 aromatic heterocycles. The van der Waals surface area contributed by atoms with E-state index in [-0.39, 0.29) is 35.9 Å². The number of benzene rings is 1. The molecular weight excluding hydrogens is 491 g/mol. The number of hydrogen-bond donors (Lipinski definition) is 2. The molecule has 1 fully saturated rings. The average molecular weight is 523 g/mol. The molecule has 1 aromatic rings. The number of aliphatic imine (C=N–C) groups is 1. The molecule has 1 aliphatic rings. The van der Waals surface area contributed by atoms with Gasteiger partial charge in [-0.2, -0.15) is 0 Å². The van der Waals surface area contributed by atoms with Gasteiger partial charge in [-0.1, -0.05) is 18.5 Å². The van der Waals surface area contributed by atoms with Crippen LogP contribution in [0.2, 0.25) is 5.02 Å². The summed E-state index contributed by atoms with van der Waals surface area (Å²) in [6.07, 6.45) is 2.34. The topological polar surface area (TPSA) is 66.0 Å². The Bertz CT molecular complexity index is 657. The highest BCUT2D eigenvalue weighted by Crippen LogP contribution is 2.21. The Labute approximate surface area is 190 Å². The number of ether oxygens (including phenoxy) is 1. The predicted octanol–water partition coefficient (Wildman–Crippen LogP) is 3.60. The summed E-state index contributed by atoms with van der Waals surface area (Å²) in [5.74, 6) is 1.88. The molecule has 2 rings (SSSR count). The quantitative estimate of drug-likeness (QED) is 0.237. The molecule has 2 N–H and O–H groups in total. The molecule has 28 heavy (non-hydrogen) atoms. The molecular formula is C20H32ClIN4O2. The maximum absolute atomic E-state index is 11.8. The van der Waals surface area contributed by atoms with Crippen molar-refractivity contribution in [1.82, 2.24) is 15.5 Å². The van der Waals surface area contributed by atoms with Crippen molar-refractivity contribution in [2.45, 2.75) is 46.1 Å². The van der Waals surface area contributed by atoms with Crippen molar-refractivity contribution in [2.24, 2.45) is 4.99 Å². The number of nitrogens with one attached hydrogen (secondary N) is 2. The van der Waals surface area contributed by atoms with E-state index < -0.39 is 0 Å². The van der Waals surface area contributed by atoms with E-state index in [4.69, 9.17) is 16.3 Å². The van der Waals surface area contributed by atoms with Crippen LogP contribution in [0.5, 0.6) is 5.75 Å². The first-order chi connectivity index (χ1) is 13.0. The van der Waals surface area contributed by atoms with Crippen molar-refractivity contribution >= 4 is 47.4 Å². The summed E-state index contributed by atoms with van der Waals surface area (Å²) in [6.45, 7) is 9.58. The van der Waals surface area contributed by atoms with Gasteiger partial charge in [0.15, 0.2) is 5.96 Å². The second-order valence-electron chi connectivity index (χ2n) is 6.70. The molecule has 8 heteroatoms. The summed E-state index contributed by atoms with van der Waals surface area (Å²) < 4.78 is 5.81.